The molecule has 0 atom stereocenters. The van der Waals surface area contributed by atoms with Crippen LogP contribution in [0.15, 0.2) is 24.3 Å². The number of carbonyl (C=O) groups is 2. The Morgan fingerprint density at radius 3 is 2.75 bits per heavy atom. The SMILES string of the molecule is N#Cc1ccccc1CN1C(=O)CNC1=O. The number of hydrogen-bond acceptors (Lipinski definition) is 3. The van der Waals surface area contributed by atoms with Crippen molar-refractivity contribution in [3.05, 3.63) is 35.4 Å². The first-order valence-corrected chi connectivity index (χ1v) is 4.78. The second-order valence-corrected chi connectivity index (χ2v) is 3.41. The molecule has 1 aromatic carbocycles. The third kappa shape index (κ3) is 1.73. The molecule has 16 heavy (non-hydrogen) atoms. The van der Waals surface area contributed by atoms with Gasteiger partial charge in [0.15, 0.2) is 0 Å². The number of carbonyl (C=O) groups excluding carboxylic acids is 2. The number of imide groups is 1. The highest BCUT2D eigenvalue weighted by Crippen LogP contribution is 2.12. The normalized spacial score (nSPS) is 14.8. The molecule has 5 nitrogen and oxygen atoms in total. The van der Waals surface area contributed by atoms with Crippen LogP contribution in [0.2, 0.25) is 0 Å². The molecule has 0 spiro atoms. The van der Waals surface area contributed by atoms with E-state index >= 15 is 0 Å². The molecule has 1 aliphatic rings. The molecule has 1 saturated heterocycles. The molecule has 0 radical (unpaired) electrons. The lowest BCUT2D eigenvalue weighted by atomic mass is 10.1. The Kier molecular flexibility index (Phi) is 2.56. The molecule has 0 bridgehead atoms. The highest BCUT2D eigenvalue weighted by atomic mass is 16.2. The molecule has 2 rings (SSSR count). The van der Waals surface area contributed by atoms with Crippen LogP contribution in [-0.4, -0.2) is 23.4 Å². The van der Waals surface area contributed by atoms with Crippen molar-refractivity contribution in [2.75, 3.05) is 6.54 Å². The first-order chi connectivity index (χ1) is 7.72. The summed E-state index contributed by atoms with van der Waals surface area (Å²) >= 11 is 0. The number of nitrogens with one attached hydrogen (secondary N) is 1. The van der Waals surface area contributed by atoms with Crippen molar-refractivity contribution in [3.63, 3.8) is 0 Å². The lowest BCUT2D eigenvalue weighted by molar-refractivity contribution is -0.125. The summed E-state index contributed by atoms with van der Waals surface area (Å²) in [6.07, 6.45) is 0. The van der Waals surface area contributed by atoms with E-state index in [1.165, 1.54) is 0 Å². The maximum absolute atomic E-state index is 11.3. The van der Waals surface area contributed by atoms with Gasteiger partial charge >= 0.3 is 6.03 Å². The van der Waals surface area contributed by atoms with Gasteiger partial charge in [0, 0.05) is 0 Å². The average molecular weight is 215 g/mol. The molecule has 1 aromatic rings. The van der Waals surface area contributed by atoms with Gasteiger partial charge in [-0.05, 0) is 11.6 Å². The van der Waals surface area contributed by atoms with E-state index < -0.39 is 6.03 Å². The predicted octanol–water partition coefficient (Wildman–Crippen LogP) is 0.610. The summed E-state index contributed by atoms with van der Waals surface area (Å²) in [4.78, 5) is 23.8. The summed E-state index contributed by atoms with van der Waals surface area (Å²) < 4.78 is 0. The van der Waals surface area contributed by atoms with E-state index in [9.17, 15) is 9.59 Å². The Hall–Kier alpha value is -2.35. The van der Waals surface area contributed by atoms with Gasteiger partial charge in [0.2, 0.25) is 5.91 Å². The molecule has 80 valence electrons. The van der Waals surface area contributed by atoms with Crippen LogP contribution in [0.25, 0.3) is 0 Å². The van der Waals surface area contributed by atoms with Crippen molar-refractivity contribution in [1.29, 1.82) is 5.26 Å². The zero-order chi connectivity index (χ0) is 11.5. The van der Waals surface area contributed by atoms with Gasteiger partial charge in [-0.15, -0.1) is 0 Å². The minimum absolute atomic E-state index is 0.0353. The lowest BCUT2D eigenvalue weighted by Crippen LogP contribution is -2.30. The number of urea groups is 1. The van der Waals surface area contributed by atoms with Crippen molar-refractivity contribution in [2.24, 2.45) is 0 Å². The van der Waals surface area contributed by atoms with Gasteiger partial charge in [-0.3, -0.25) is 9.69 Å². The van der Waals surface area contributed by atoms with Crippen LogP contribution in [-0.2, 0) is 11.3 Å². The minimum Gasteiger partial charge on any atom is -0.329 e. The monoisotopic (exact) mass is 215 g/mol. The first kappa shape index (κ1) is 10.2. The summed E-state index contributed by atoms with van der Waals surface area (Å²) in [7, 11) is 0. The van der Waals surface area contributed by atoms with Crippen molar-refractivity contribution in [3.8, 4) is 6.07 Å². The number of hydrogen-bond donors (Lipinski definition) is 1. The Morgan fingerprint density at radius 2 is 2.12 bits per heavy atom. The van der Waals surface area contributed by atoms with E-state index in [1.54, 1.807) is 24.3 Å². The van der Waals surface area contributed by atoms with Crippen molar-refractivity contribution in [1.82, 2.24) is 10.2 Å². The highest BCUT2D eigenvalue weighted by molar-refractivity contribution is 6.01. The smallest absolute Gasteiger partial charge is 0.324 e. The van der Waals surface area contributed by atoms with Crippen molar-refractivity contribution >= 4 is 11.9 Å². The Morgan fingerprint density at radius 1 is 1.38 bits per heavy atom. The quantitative estimate of drug-likeness (QED) is 0.734. The highest BCUT2D eigenvalue weighted by Gasteiger charge is 2.28. The molecule has 0 aromatic heterocycles. The van der Waals surface area contributed by atoms with Crippen LogP contribution in [0.4, 0.5) is 4.79 Å². The van der Waals surface area contributed by atoms with Gasteiger partial charge in [-0.1, -0.05) is 18.2 Å². The predicted molar refractivity (Wildman–Crippen MR) is 55.1 cm³/mol. The fourth-order valence-corrected chi connectivity index (χ4v) is 1.55. The van der Waals surface area contributed by atoms with Gasteiger partial charge in [0.25, 0.3) is 0 Å². The number of nitrogens with zero attached hydrogens (tertiary/aromatic N) is 2. The lowest BCUT2D eigenvalue weighted by Gasteiger charge is -2.12. The second-order valence-electron chi connectivity index (χ2n) is 3.41. The topological polar surface area (TPSA) is 73.2 Å². The van der Waals surface area contributed by atoms with Crippen LogP contribution in [0, 0.1) is 11.3 Å². The maximum Gasteiger partial charge on any atom is 0.324 e. The molecule has 3 amide bonds. The van der Waals surface area contributed by atoms with Gasteiger partial charge in [0.05, 0.1) is 24.7 Å². The van der Waals surface area contributed by atoms with Gasteiger partial charge in [0.1, 0.15) is 0 Å². The summed E-state index contributed by atoms with van der Waals surface area (Å²) in [5.41, 5.74) is 1.16. The van der Waals surface area contributed by atoms with Gasteiger partial charge < -0.3 is 5.32 Å². The fraction of sp³-hybridized carbons (Fsp3) is 0.182. The Balaban J connectivity index is 2.24. The Bertz CT molecular complexity index is 474. The number of nitriles is 1. The van der Waals surface area contributed by atoms with E-state index in [0.29, 0.717) is 11.1 Å². The summed E-state index contributed by atoms with van der Waals surface area (Å²) in [6, 6.07) is 8.54. The van der Waals surface area contributed by atoms with Crippen molar-refractivity contribution < 1.29 is 9.59 Å². The molecular formula is C11H9N3O2. The second kappa shape index (κ2) is 4.03. The van der Waals surface area contributed by atoms with Crippen LogP contribution in [0.1, 0.15) is 11.1 Å². The summed E-state index contributed by atoms with van der Waals surface area (Å²) in [5.74, 6) is -0.266. The molecule has 0 aliphatic carbocycles. The standard InChI is InChI=1S/C11H9N3O2/c12-5-8-3-1-2-4-9(8)7-14-10(15)6-13-11(14)16/h1-4H,6-7H2,(H,13,16). The zero-order valence-electron chi connectivity index (χ0n) is 8.43. The van der Waals surface area contributed by atoms with E-state index in [1.807, 2.05) is 6.07 Å². The molecule has 1 aliphatic heterocycles. The van der Waals surface area contributed by atoms with E-state index in [2.05, 4.69) is 5.32 Å². The average Bonchev–Trinajstić information content (AvgIpc) is 2.61. The minimum atomic E-state index is -0.405. The van der Waals surface area contributed by atoms with Gasteiger partial charge in [-0.2, -0.15) is 5.26 Å². The molecule has 1 fully saturated rings. The number of benzene rings is 1. The van der Waals surface area contributed by atoms with E-state index in [4.69, 9.17) is 5.26 Å². The number of rotatable bonds is 2. The van der Waals surface area contributed by atoms with E-state index in [0.717, 1.165) is 4.90 Å². The summed E-state index contributed by atoms with van der Waals surface area (Å²) in [5, 5.41) is 11.3. The largest absolute Gasteiger partial charge is 0.329 e. The summed E-state index contributed by atoms with van der Waals surface area (Å²) in [6.45, 7) is 0.182. The molecule has 0 unspecified atom stereocenters. The van der Waals surface area contributed by atoms with Crippen LogP contribution in [0.3, 0.4) is 0 Å². The van der Waals surface area contributed by atoms with Crippen LogP contribution >= 0.6 is 0 Å². The zero-order valence-corrected chi connectivity index (χ0v) is 8.43. The first-order valence-electron chi connectivity index (χ1n) is 4.78. The van der Waals surface area contributed by atoms with Gasteiger partial charge in [-0.25, -0.2) is 4.79 Å². The fourth-order valence-electron chi connectivity index (χ4n) is 1.55. The Labute approximate surface area is 92.3 Å². The molecule has 1 N–H and O–H groups in total. The molecule has 5 heteroatoms. The third-order valence-electron chi connectivity index (χ3n) is 2.40. The van der Waals surface area contributed by atoms with Crippen molar-refractivity contribution in [2.45, 2.75) is 6.54 Å². The molecule has 0 saturated carbocycles. The van der Waals surface area contributed by atoms with Crippen LogP contribution < -0.4 is 5.32 Å². The van der Waals surface area contributed by atoms with Crippen LogP contribution in [0.5, 0.6) is 0 Å². The number of amides is 3. The maximum atomic E-state index is 11.3. The third-order valence-corrected chi connectivity index (χ3v) is 2.40. The molecular weight excluding hydrogens is 206 g/mol. The van der Waals surface area contributed by atoms with E-state index in [-0.39, 0.29) is 19.0 Å². The molecule has 1 heterocycles.